The van der Waals surface area contributed by atoms with Crippen molar-refractivity contribution in [2.75, 3.05) is 46.3 Å². The summed E-state index contributed by atoms with van der Waals surface area (Å²) in [6.45, 7) is 6.61. The van der Waals surface area contributed by atoms with Crippen LogP contribution in [0, 0.1) is 12.8 Å². The van der Waals surface area contributed by atoms with E-state index in [1.54, 1.807) is 0 Å². The van der Waals surface area contributed by atoms with Crippen molar-refractivity contribution in [3.63, 3.8) is 0 Å². The second kappa shape index (κ2) is 7.21. The zero-order chi connectivity index (χ0) is 18.3. The van der Waals surface area contributed by atoms with Crippen LogP contribution in [0.15, 0.2) is 0 Å². The van der Waals surface area contributed by atoms with Crippen molar-refractivity contribution >= 4 is 23.3 Å². The summed E-state index contributed by atoms with van der Waals surface area (Å²) in [5, 5.41) is 3.95. The van der Waals surface area contributed by atoms with Gasteiger partial charge in [-0.3, -0.25) is 9.59 Å². The lowest BCUT2D eigenvalue weighted by atomic mass is 10.0. The molecule has 3 atom stereocenters. The fourth-order valence-electron chi connectivity index (χ4n) is 4.12. The van der Waals surface area contributed by atoms with Crippen molar-refractivity contribution < 1.29 is 14.3 Å². The highest BCUT2D eigenvalue weighted by molar-refractivity contribution is 7.05. The molecule has 9 heteroatoms. The van der Waals surface area contributed by atoms with Crippen LogP contribution in [0.4, 0.5) is 0 Å². The minimum Gasteiger partial charge on any atom is -0.372 e. The summed E-state index contributed by atoms with van der Waals surface area (Å²) in [6.07, 6.45) is 1.33. The number of nitrogens with zero attached hydrogens (tertiary/aromatic N) is 5. The van der Waals surface area contributed by atoms with Gasteiger partial charge >= 0.3 is 0 Å². The van der Waals surface area contributed by atoms with Gasteiger partial charge in [0.1, 0.15) is 0 Å². The van der Waals surface area contributed by atoms with Crippen molar-refractivity contribution in [2.45, 2.75) is 32.0 Å². The molecule has 0 saturated carbocycles. The first-order chi connectivity index (χ1) is 12.5. The third-order valence-corrected chi connectivity index (χ3v) is 6.34. The average Bonchev–Trinajstić information content (AvgIpc) is 3.29. The van der Waals surface area contributed by atoms with Crippen molar-refractivity contribution in [1.82, 2.24) is 24.3 Å². The van der Waals surface area contributed by atoms with Crippen LogP contribution >= 0.6 is 11.5 Å². The minimum absolute atomic E-state index is 0.0166. The highest BCUT2D eigenvalue weighted by Crippen LogP contribution is 2.35. The SMILES string of the molecule is Cc1snnc1C(=O)N1C[C@@H]2C[C@@H](CC(=O)N3CCN(C)CC3)O[C@@H]2C1. The Labute approximate surface area is 157 Å². The summed E-state index contributed by atoms with van der Waals surface area (Å²) in [7, 11) is 2.08. The van der Waals surface area contributed by atoms with Gasteiger partial charge in [-0.05, 0) is 31.9 Å². The van der Waals surface area contributed by atoms with Crippen LogP contribution < -0.4 is 0 Å². The highest BCUT2D eigenvalue weighted by Gasteiger charge is 2.44. The van der Waals surface area contributed by atoms with E-state index in [9.17, 15) is 9.59 Å². The Morgan fingerprint density at radius 2 is 1.96 bits per heavy atom. The molecule has 1 aromatic heterocycles. The first-order valence-corrected chi connectivity index (χ1v) is 9.98. The van der Waals surface area contributed by atoms with E-state index in [1.807, 2.05) is 16.7 Å². The molecular weight excluding hydrogens is 354 g/mol. The molecule has 0 spiro atoms. The number of rotatable bonds is 3. The van der Waals surface area contributed by atoms with Crippen LogP contribution in [0.3, 0.4) is 0 Å². The maximum absolute atomic E-state index is 12.6. The summed E-state index contributed by atoms with van der Waals surface area (Å²) in [5.74, 6) is 0.454. The maximum Gasteiger partial charge on any atom is 0.275 e. The number of hydrogen-bond acceptors (Lipinski definition) is 7. The quantitative estimate of drug-likeness (QED) is 0.749. The molecule has 1 aromatic rings. The molecule has 0 N–H and O–H groups in total. The van der Waals surface area contributed by atoms with Crippen LogP contribution in [0.25, 0.3) is 0 Å². The fourth-order valence-corrected chi connectivity index (χ4v) is 4.58. The third-order valence-electron chi connectivity index (χ3n) is 5.71. The van der Waals surface area contributed by atoms with Gasteiger partial charge in [0.2, 0.25) is 5.91 Å². The van der Waals surface area contributed by atoms with Gasteiger partial charge in [-0.1, -0.05) is 4.49 Å². The van der Waals surface area contributed by atoms with E-state index in [0.29, 0.717) is 31.1 Å². The fraction of sp³-hybridized carbons (Fsp3) is 0.765. The molecule has 0 unspecified atom stereocenters. The molecule has 142 valence electrons. The molecular formula is C17H25N5O3S. The maximum atomic E-state index is 12.6. The van der Waals surface area contributed by atoms with Crippen LogP contribution in [0.2, 0.25) is 0 Å². The molecule has 0 aromatic carbocycles. The topological polar surface area (TPSA) is 78.9 Å². The first-order valence-electron chi connectivity index (χ1n) is 9.21. The van der Waals surface area contributed by atoms with Crippen LogP contribution in [0.1, 0.15) is 28.2 Å². The normalized spacial score (nSPS) is 29.2. The van der Waals surface area contributed by atoms with Gasteiger partial charge < -0.3 is 19.4 Å². The number of likely N-dealkylation sites (tertiary alicyclic amines) is 1. The number of aryl methyl sites for hydroxylation is 1. The number of likely N-dealkylation sites (N-methyl/N-ethyl adjacent to an activating group) is 1. The van der Waals surface area contributed by atoms with Crippen molar-refractivity contribution in [3.8, 4) is 0 Å². The minimum atomic E-state index is -0.0562. The number of carbonyl (C=O) groups excluding carboxylic acids is 2. The Balaban J connectivity index is 1.28. The zero-order valence-electron chi connectivity index (χ0n) is 15.3. The molecule has 3 aliphatic rings. The van der Waals surface area contributed by atoms with E-state index in [4.69, 9.17) is 4.74 Å². The molecule has 0 aliphatic carbocycles. The molecule has 0 bridgehead atoms. The number of aromatic nitrogens is 2. The molecule has 3 fully saturated rings. The van der Waals surface area contributed by atoms with Gasteiger partial charge in [-0.2, -0.15) is 0 Å². The van der Waals surface area contributed by atoms with Gasteiger partial charge in [0.25, 0.3) is 5.91 Å². The van der Waals surface area contributed by atoms with Crippen molar-refractivity contribution in [2.24, 2.45) is 5.92 Å². The molecule has 26 heavy (non-hydrogen) atoms. The lowest BCUT2D eigenvalue weighted by Crippen LogP contribution is -2.47. The second-order valence-corrected chi connectivity index (χ2v) is 8.53. The number of ether oxygens (including phenoxy) is 1. The highest BCUT2D eigenvalue weighted by atomic mass is 32.1. The molecule has 4 heterocycles. The number of hydrogen-bond donors (Lipinski definition) is 0. The molecule has 3 saturated heterocycles. The lowest BCUT2D eigenvalue weighted by Gasteiger charge is -2.33. The first kappa shape index (κ1) is 17.8. The Kier molecular flexibility index (Phi) is 4.94. The Morgan fingerprint density at radius 3 is 2.62 bits per heavy atom. The van der Waals surface area contributed by atoms with E-state index in [0.717, 1.165) is 37.5 Å². The molecule has 3 aliphatic heterocycles. The summed E-state index contributed by atoms with van der Waals surface area (Å²) < 4.78 is 9.96. The van der Waals surface area contributed by atoms with Gasteiger partial charge in [0, 0.05) is 45.2 Å². The van der Waals surface area contributed by atoms with E-state index in [1.165, 1.54) is 11.5 Å². The molecule has 2 amide bonds. The lowest BCUT2D eigenvalue weighted by molar-refractivity contribution is -0.135. The smallest absolute Gasteiger partial charge is 0.275 e. The van der Waals surface area contributed by atoms with Gasteiger partial charge in [-0.25, -0.2) is 0 Å². The van der Waals surface area contributed by atoms with Crippen LogP contribution in [-0.4, -0.2) is 94.6 Å². The second-order valence-electron chi connectivity index (χ2n) is 7.57. The van der Waals surface area contributed by atoms with Crippen molar-refractivity contribution in [1.29, 1.82) is 0 Å². The summed E-state index contributed by atoms with van der Waals surface area (Å²) in [5.41, 5.74) is 0.455. The van der Waals surface area contributed by atoms with E-state index in [-0.39, 0.29) is 24.0 Å². The van der Waals surface area contributed by atoms with Gasteiger partial charge in [-0.15, -0.1) is 5.10 Å². The molecule has 4 rings (SSSR count). The van der Waals surface area contributed by atoms with E-state index >= 15 is 0 Å². The number of fused-ring (bicyclic) bond motifs is 1. The van der Waals surface area contributed by atoms with Crippen LogP contribution in [0.5, 0.6) is 0 Å². The predicted octanol–water partition coefficient (Wildman–Crippen LogP) is 0.240. The number of carbonyl (C=O) groups is 2. The van der Waals surface area contributed by atoms with E-state index < -0.39 is 0 Å². The largest absolute Gasteiger partial charge is 0.372 e. The summed E-state index contributed by atoms with van der Waals surface area (Å²) >= 11 is 1.25. The Morgan fingerprint density at radius 1 is 1.19 bits per heavy atom. The summed E-state index contributed by atoms with van der Waals surface area (Å²) in [4.78, 5) is 31.9. The number of amides is 2. The monoisotopic (exact) mass is 379 g/mol. The van der Waals surface area contributed by atoms with Gasteiger partial charge in [0.15, 0.2) is 5.69 Å². The van der Waals surface area contributed by atoms with E-state index in [2.05, 4.69) is 21.5 Å². The van der Waals surface area contributed by atoms with Crippen molar-refractivity contribution in [3.05, 3.63) is 10.6 Å². The average molecular weight is 379 g/mol. The molecule has 8 nitrogen and oxygen atoms in total. The Bertz CT molecular complexity index is 674. The standard InChI is InChI=1S/C17H25N5O3S/c1-11-16(18-19-26-11)17(24)22-9-12-7-13(25-14(12)10-22)8-15(23)21-5-3-20(2)4-6-21/h12-14H,3-10H2,1-2H3/t12-,13-,14+/m0/s1. The Hall–Kier alpha value is -1.58. The zero-order valence-corrected chi connectivity index (χ0v) is 16.1. The third kappa shape index (κ3) is 3.47. The number of piperazine rings is 1. The summed E-state index contributed by atoms with van der Waals surface area (Å²) in [6, 6.07) is 0. The van der Waals surface area contributed by atoms with Gasteiger partial charge in [0.05, 0.1) is 23.5 Å². The predicted molar refractivity (Wildman–Crippen MR) is 96.0 cm³/mol. The van der Waals surface area contributed by atoms with Crippen LogP contribution in [-0.2, 0) is 9.53 Å². The molecule has 0 radical (unpaired) electrons.